The van der Waals surface area contributed by atoms with Crippen LogP contribution in [0.2, 0.25) is 0 Å². The maximum absolute atomic E-state index is 12.8. The van der Waals surface area contributed by atoms with Crippen molar-refractivity contribution in [3.05, 3.63) is 119 Å². The van der Waals surface area contributed by atoms with Gasteiger partial charge in [0.1, 0.15) is 0 Å². The van der Waals surface area contributed by atoms with Gasteiger partial charge < -0.3 is 10.3 Å². The van der Waals surface area contributed by atoms with Gasteiger partial charge in [0.05, 0.1) is 28.7 Å². The summed E-state index contributed by atoms with van der Waals surface area (Å²) in [7, 11) is -3.93. The predicted molar refractivity (Wildman–Crippen MR) is 142 cm³/mol. The first-order valence-corrected chi connectivity index (χ1v) is 12.9. The summed E-state index contributed by atoms with van der Waals surface area (Å²) in [5, 5.41) is 5.40. The zero-order chi connectivity index (χ0) is 26.2. The molecule has 0 aliphatic rings. The Balaban J connectivity index is 1.55. The van der Waals surface area contributed by atoms with Gasteiger partial charge in [-0.15, -0.1) is 0 Å². The first kappa shape index (κ1) is 24.1. The molecule has 37 heavy (non-hydrogen) atoms. The normalized spacial score (nSPS) is 11.5. The van der Waals surface area contributed by atoms with E-state index in [0.717, 1.165) is 16.7 Å². The van der Waals surface area contributed by atoms with Gasteiger partial charge in [0.15, 0.2) is 0 Å². The molecule has 9 heteroatoms. The predicted octanol–water partition coefficient (Wildman–Crippen LogP) is 3.53. The highest BCUT2D eigenvalue weighted by molar-refractivity contribution is 7.89. The standard InChI is InChI=1S/C28H22N4O4S/c29-28(34)22-8-4-7-20(14-22)19-6-3-5-18(13-19)17-32-25-12-11-21(15-24(25)31-16-27(32)33)23-9-1-2-10-26(23)37(30,35)36/h1-16H,17H2,(H2,29,34)(H2,30,35,36). The van der Waals surface area contributed by atoms with Crippen molar-refractivity contribution in [3.8, 4) is 22.3 Å². The topological polar surface area (TPSA) is 138 Å². The first-order chi connectivity index (χ1) is 17.7. The number of sulfonamides is 1. The summed E-state index contributed by atoms with van der Waals surface area (Å²) in [5.74, 6) is -0.501. The molecule has 1 heterocycles. The van der Waals surface area contributed by atoms with Crippen LogP contribution in [0.25, 0.3) is 33.3 Å². The first-order valence-electron chi connectivity index (χ1n) is 11.3. The third-order valence-electron chi connectivity index (χ3n) is 6.10. The largest absolute Gasteiger partial charge is 0.366 e. The fourth-order valence-electron chi connectivity index (χ4n) is 4.34. The van der Waals surface area contributed by atoms with Crippen molar-refractivity contribution in [1.29, 1.82) is 0 Å². The Labute approximate surface area is 212 Å². The minimum Gasteiger partial charge on any atom is -0.366 e. The summed E-state index contributed by atoms with van der Waals surface area (Å²) in [5.41, 5.74) is 10.4. The van der Waals surface area contributed by atoms with Gasteiger partial charge in [-0.05, 0) is 58.7 Å². The number of hydrogen-bond acceptors (Lipinski definition) is 5. The molecule has 0 spiro atoms. The molecule has 4 aromatic carbocycles. The van der Waals surface area contributed by atoms with Crippen molar-refractivity contribution in [2.75, 3.05) is 0 Å². The van der Waals surface area contributed by atoms with E-state index in [1.807, 2.05) is 30.3 Å². The van der Waals surface area contributed by atoms with Crippen LogP contribution in [0.4, 0.5) is 0 Å². The van der Waals surface area contributed by atoms with Crippen LogP contribution in [0.5, 0.6) is 0 Å². The molecule has 5 aromatic rings. The molecule has 1 amide bonds. The maximum atomic E-state index is 12.8. The molecule has 0 saturated heterocycles. The van der Waals surface area contributed by atoms with Crippen LogP contribution in [0.3, 0.4) is 0 Å². The second kappa shape index (κ2) is 9.45. The average molecular weight is 511 g/mol. The van der Waals surface area contributed by atoms with Crippen LogP contribution < -0.4 is 16.4 Å². The lowest BCUT2D eigenvalue weighted by molar-refractivity contribution is 0.100. The number of benzene rings is 4. The maximum Gasteiger partial charge on any atom is 0.269 e. The fraction of sp³-hybridized carbons (Fsp3) is 0.0357. The molecule has 5 rings (SSSR count). The molecule has 0 bridgehead atoms. The number of amides is 1. The van der Waals surface area contributed by atoms with E-state index >= 15 is 0 Å². The third-order valence-corrected chi connectivity index (χ3v) is 7.07. The van der Waals surface area contributed by atoms with Crippen molar-refractivity contribution in [2.45, 2.75) is 11.4 Å². The number of fused-ring (bicyclic) bond motifs is 1. The molecule has 0 aliphatic heterocycles. The van der Waals surface area contributed by atoms with Gasteiger partial charge >= 0.3 is 0 Å². The summed E-state index contributed by atoms with van der Waals surface area (Å²) in [6.07, 6.45) is 1.25. The smallest absolute Gasteiger partial charge is 0.269 e. The van der Waals surface area contributed by atoms with Crippen LogP contribution in [0.15, 0.2) is 107 Å². The van der Waals surface area contributed by atoms with Gasteiger partial charge in [0.25, 0.3) is 5.56 Å². The Morgan fingerprint density at radius 1 is 0.838 bits per heavy atom. The minimum atomic E-state index is -3.93. The molecule has 0 radical (unpaired) electrons. The van der Waals surface area contributed by atoms with Crippen molar-refractivity contribution >= 4 is 27.0 Å². The van der Waals surface area contributed by atoms with Gasteiger partial charge in [-0.25, -0.2) is 18.5 Å². The van der Waals surface area contributed by atoms with E-state index in [4.69, 9.17) is 10.9 Å². The quantitative estimate of drug-likeness (QED) is 0.360. The number of primary sulfonamides is 1. The summed E-state index contributed by atoms with van der Waals surface area (Å²) in [6.45, 7) is 0.286. The Morgan fingerprint density at radius 3 is 2.32 bits per heavy atom. The van der Waals surface area contributed by atoms with E-state index in [2.05, 4.69) is 4.98 Å². The van der Waals surface area contributed by atoms with Crippen molar-refractivity contribution in [1.82, 2.24) is 9.55 Å². The third kappa shape index (κ3) is 4.90. The number of carbonyl (C=O) groups is 1. The second-order valence-electron chi connectivity index (χ2n) is 8.57. The molecule has 0 unspecified atom stereocenters. The van der Waals surface area contributed by atoms with Crippen LogP contribution in [0, 0.1) is 0 Å². The van der Waals surface area contributed by atoms with E-state index in [1.165, 1.54) is 12.3 Å². The van der Waals surface area contributed by atoms with E-state index in [-0.39, 0.29) is 17.0 Å². The van der Waals surface area contributed by atoms with Crippen LogP contribution in [-0.4, -0.2) is 23.9 Å². The number of nitrogens with zero attached hydrogens (tertiary/aromatic N) is 2. The highest BCUT2D eigenvalue weighted by Gasteiger charge is 2.16. The molecule has 1 aromatic heterocycles. The number of rotatable bonds is 6. The number of aromatic nitrogens is 2. The van der Waals surface area contributed by atoms with Gasteiger partial charge in [-0.3, -0.25) is 9.59 Å². The molecule has 4 N–H and O–H groups in total. The minimum absolute atomic E-state index is 0.0138. The molecule has 0 atom stereocenters. The van der Waals surface area contributed by atoms with Gasteiger partial charge in [0, 0.05) is 11.1 Å². The summed E-state index contributed by atoms with van der Waals surface area (Å²) in [6, 6.07) is 26.4. The molecule has 0 saturated carbocycles. The van der Waals surface area contributed by atoms with Gasteiger partial charge in [0.2, 0.25) is 15.9 Å². The lowest BCUT2D eigenvalue weighted by Crippen LogP contribution is -2.21. The van der Waals surface area contributed by atoms with Gasteiger partial charge in [-0.1, -0.05) is 54.6 Å². The average Bonchev–Trinajstić information content (AvgIpc) is 2.90. The molecule has 0 fully saturated rings. The number of hydrogen-bond donors (Lipinski definition) is 2. The Morgan fingerprint density at radius 2 is 1.57 bits per heavy atom. The molecule has 8 nitrogen and oxygen atoms in total. The summed E-state index contributed by atoms with van der Waals surface area (Å²) < 4.78 is 25.7. The Kier molecular flexibility index (Phi) is 6.16. The SMILES string of the molecule is NC(=O)c1cccc(-c2cccc(Cn3c(=O)cnc4cc(-c5ccccc5S(N)(=O)=O)ccc43)c2)c1. The molecular weight excluding hydrogens is 488 g/mol. The van der Waals surface area contributed by atoms with E-state index in [9.17, 15) is 18.0 Å². The lowest BCUT2D eigenvalue weighted by Gasteiger charge is -2.13. The van der Waals surface area contributed by atoms with Crippen molar-refractivity contribution in [3.63, 3.8) is 0 Å². The Hall–Kier alpha value is -4.60. The van der Waals surface area contributed by atoms with Crippen LogP contribution in [-0.2, 0) is 16.6 Å². The lowest BCUT2D eigenvalue weighted by atomic mass is 10.0. The summed E-state index contributed by atoms with van der Waals surface area (Å²) >= 11 is 0. The fourth-order valence-corrected chi connectivity index (χ4v) is 5.10. The monoisotopic (exact) mass is 510 g/mol. The molecule has 184 valence electrons. The zero-order valence-electron chi connectivity index (χ0n) is 19.5. The highest BCUT2D eigenvalue weighted by atomic mass is 32.2. The van der Waals surface area contributed by atoms with Crippen molar-refractivity contribution < 1.29 is 13.2 Å². The van der Waals surface area contributed by atoms with Crippen LogP contribution >= 0.6 is 0 Å². The van der Waals surface area contributed by atoms with Crippen molar-refractivity contribution in [2.24, 2.45) is 10.9 Å². The molecular formula is C28H22N4O4S. The number of carbonyl (C=O) groups excluding carboxylic acids is 1. The Bertz CT molecular complexity index is 1850. The van der Waals surface area contributed by atoms with E-state index in [0.29, 0.717) is 27.7 Å². The molecule has 0 aliphatic carbocycles. The van der Waals surface area contributed by atoms with E-state index < -0.39 is 15.9 Å². The summed E-state index contributed by atoms with van der Waals surface area (Å²) in [4.78, 5) is 28.7. The van der Waals surface area contributed by atoms with E-state index in [1.54, 1.807) is 59.2 Å². The second-order valence-corrected chi connectivity index (χ2v) is 10.1. The van der Waals surface area contributed by atoms with Gasteiger partial charge in [-0.2, -0.15) is 0 Å². The number of primary amides is 1. The number of nitrogens with two attached hydrogens (primary N) is 2. The highest BCUT2D eigenvalue weighted by Crippen LogP contribution is 2.29. The van der Waals surface area contributed by atoms with Crippen LogP contribution in [0.1, 0.15) is 15.9 Å². The zero-order valence-corrected chi connectivity index (χ0v) is 20.4.